The lowest BCUT2D eigenvalue weighted by Gasteiger charge is -2.26. The molecule has 0 aliphatic carbocycles. The van der Waals surface area contributed by atoms with Crippen molar-refractivity contribution in [1.82, 2.24) is 9.88 Å². The molecule has 1 amide bonds. The van der Waals surface area contributed by atoms with Gasteiger partial charge in [-0.25, -0.2) is 4.98 Å². The fourth-order valence-corrected chi connectivity index (χ4v) is 4.53. The number of nitrogens with zero attached hydrogens (tertiary/aromatic N) is 2. The van der Waals surface area contributed by atoms with Crippen LogP contribution in [-0.4, -0.2) is 40.4 Å². The summed E-state index contributed by atoms with van der Waals surface area (Å²) in [6, 6.07) is 6.04. The van der Waals surface area contributed by atoms with Crippen LogP contribution in [0.2, 0.25) is 20.2 Å². The fraction of sp³-hybridized carbons (Fsp3) is 0.333. The SMILES string of the molecule is Cc1ccc(CN2CCSCC2)cc1NC(=O)c1nc(Cl)c(Cl)c(Cl)c1Cl. The van der Waals surface area contributed by atoms with Crippen LogP contribution in [0.1, 0.15) is 21.6 Å². The van der Waals surface area contributed by atoms with Crippen LogP contribution < -0.4 is 5.32 Å². The largest absolute Gasteiger partial charge is 0.320 e. The highest BCUT2D eigenvalue weighted by molar-refractivity contribution is 7.99. The molecule has 3 rings (SSSR count). The number of thioether (sulfide) groups is 1. The number of hydrogen-bond donors (Lipinski definition) is 1. The number of aromatic nitrogens is 1. The van der Waals surface area contributed by atoms with Crippen LogP contribution in [0, 0.1) is 6.92 Å². The van der Waals surface area contributed by atoms with Gasteiger partial charge in [0.15, 0.2) is 0 Å². The molecule has 1 aromatic heterocycles. The van der Waals surface area contributed by atoms with E-state index in [1.165, 1.54) is 0 Å². The van der Waals surface area contributed by atoms with Crippen LogP contribution in [0.15, 0.2) is 18.2 Å². The zero-order chi connectivity index (χ0) is 19.6. The van der Waals surface area contributed by atoms with Crippen LogP contribution in [0.3, 0.4) is 0 Å². The normalized spacial score (nSPS) is 15.0. The van der Waals surface area contributed by atoms with E-state index in [2.05, 4.69) is 21.3 Å². The second-order valence-electron chi connectivity index (χ2n) is 6.19. The van der Waals surface area contributed by atoms with Crippen LogP contribution in [0.5, 0.6) is 0 Å². The molecule has 1 saturated heterocycles. The summed E-state index contributed by atoms with van der Waals surface area (Å²) < 4.78 is 0. The quantitative estimate of drug-likeness (QED) is 0.580. The summed E-state index contributed by atoms with van der Waals surface area (Å²) >= 11 is 26.0. The first kappa shape index (κ1) is 21.0. The van der Waals surface area contributed by atoms with E-state index in [1.54, 1.807) is 0 Å². The third kappa shape index (κ3) is 5.03. The molecule has 27 heavy (non-hydrogen) atoms. The van der Waals surface area contributed by atoms with E-state index in [-0.39, 0.29) is 25.9 Å². The Labute approximate surface area is 182 Å². The molecule has 144 valence electrons. The lowest BCUT2D eigenvalue weighted by atomic mass is 10.1. The molecular formula is C18H17Cl4N3OS. The minimum Gasteiger partial charge on any atom is -0.320 e. The third-order valence-corrected chi connectivity index (χ3v) is 6.88. The molecule has 0 radical (unpaired) electrons. The molecule has 0 spiro atoms. The summed E-state index contributed by atoms with van der Waals surface area (Å²) in [5.41, 5.74) is 2.70. The summed E-state index contributed by atoms with van der Waals surface area (Å²) in [5, 5.41) is 2.80. The number of aryl methyl sites for hydroxylation is 1. The van der Waals surface area contributed by atoms with Gasteiger partial charge < -0.3 is 5.32 Å². The van der Waals surface area contributed by atoms with E-state index in [9.17, 15) is 4.79 Å². The number of benzene rings is 1. The van der Waals surface area contributed by atoms with Crippen molar-refractivity contribution in [2.24, 2.45) is 0 Å². The van der Waals surface area contributed by atoms with E-state index in [4.69, 9.17) is 46.4 Å². The maximum atomic E-state index is 12.7. The van der Waals surface area contributed by atoms with Gasteiger partial charge in [0.1, 0.15) is 10.8 Å². The summed E-state index contributed by atoms with van der Waals surface area (Å²) in [7, 11) is 0. The highest BCUT2D eigenvalue weighted by atomic mass is 35.5. The number of halogens is 4. The van der Waals surface area contributed by atoms with Crippen molar-refractivity contribution in [3.63, 3.8) is 0 Å². The molecule has 1 fully saturated rings. The molecule has 1 aliphatic rings. The van der Waals surface area contributed by atoms with Crippen molar-refractivity contribution in [2.75, 3.05) is 29.9 Å². The highest BCUT2D eigenvalue weighted by Gasteiger charge is 2.21. The lowest BCUT2D eigenvalue weighted by molar-refractivity contribution is 0.102. The van der Waals surface area contributed by atoms with E-state index in [1.807, 2.05) is 30.8 Å². The van der Waals surface area contributed by atoms with Gasteiger partial charge in [0.25, 0.3) is 5.91 Å². The Hall–Kier alpha value is -0.690. The maximum Gasteiger partial charge on any atom is 0.275 e. The standard InChI is InChI=1S/C18H17Cl4N3OS/c1-10-2-3-11(9-25-4-6-27-7-5-25)8-12(10)23-18(26)16-14(20)13(19)15(21)17(22)24-16/h2-3,8H,4-7,9H2,1H3,(H,23,26). The van der Waals surface area contributed by atoms with Gasteiger partial charge in [-0.1, -0.05) is 58.5 Å². The predicted molar refractivity (Wildman–Crippen MR) is 116 cm³/mol. The van der Waals surface area contributed by atoms with Gasteiger partial charge in [-0.15, -0.1) is 0 Å². The third-order valence-electron chi connectivity index (χ3n) is 4.26. The zero-order valence-electron chi connectivity index (χ0n) is 14.5. The molecule has 4 nitrogen and oxygen atoms in total. The molecule has 2 heterocycles. The average molecular weight is 465 g/mol. The Balaban J connectivity index is 1.80. The van der Waals surface area contributed by atoms with Crippen molar-refractivity contribution in [2.45, 2.75) is 13.5 Å². The molecule has 0 unspecified atom stereocenters. The van der Waals surface area contributed by atoms with Gasteiger partial charge in [0.2, 0.25) is 0 Å². The summed E-state index contributed by atoms with van der Waals surface area (Å²) in [6.07, 6.45) is 0. The van der Waals surface area contributed by atoms with Crippen molar-refractivity contribution in [1.29, 1.82) is 0 Å². The topological polar surface area (TPSA) is 45.2 Å². The average Bonchev–Trinajstić information content (AvgIpc) is 2.66. The van der Waals surface area contributed by atoms with Crippen molar-refractivity contribution >= 4 is 69.8 Å². The number of nitrogens with one attached hydrogen (secondary N) is 1. The van der Waals surface area contributed by atoms with Crippen LogP contribution in [0.4, 0.5) is 5.69 Å². The number of anilines is 1. The summed E-state index contributed by atoms with van der Waals surface area (Å²) in [6.45, 7) is 4.91. The Kier molecular flexibility index (Phi) is 7.17. The van der Waals surface area contributed by atoms with Crippen LogP contribution >= 0.6 is 58.2 Å². The van der Waals surface area contributed by atoms with Gasteiger partial charge in [0.05, 0.1) is 15.1 Å². The van der Waals surface area contributed by atoms with Gasteiger partial charge in [-0.05, 0) is 24.1 Å². The monoisotopic (exact) mass is 463 g/mol. The lowest BCUT2D eigenvalue weighted by Crippen LogP contribution is -2.32. The van der Waals surface area contributed by atoms with Gasteiger partial charge in [-0.3, -0.25) is 9.69 Å². The number of hydrogen-bond acceptors (Lipinski definition) is 4. The first-order valence-electron chi connectivity index (χ1n) is 8.27. The maximum absolute atomic E-state index is 12.7. The molecular weight excluding hydrogens is 448 g/mol. The fourth-order valence-electron chi connectivity index (χ4n) is 2.74. The number of pyridine rings is 1. The highest BCUT2D eigenvalue weighted by Crippen LogP contribution is 2.36. The first-order chi connectivity index (χ1) is 12.9. The van der Waals surface area contributed by atoms with Gasteiger partial charge >= 0.3 is 0 Å². The number of carbonyl (C=O) groups is 1. The van der Waals surface area contributed by atoms with Crippen molar-refractivity contribution < 1.29 is 4.79 Å². The predicted octanol–water partition coefficient (Wildman–Crippen LogP) is 5.80. The second kappa shape index (κ2) is 9.21. The molecule has 1 N–H and O–H groups in total. The van der Waals surface area contributed by atoms with Crippen molar-refractivity contribution in [3.8, 4) is 0 Å². The Morgan fingerprint density at radius 1 is 1.15 bits per heavy atom. The minimum absolute atomic E-state index is 0.0110. The molecule has 0 atom stereocenters. The Morgan fingerprint density at radius 2 is 1.85 bits per heavy atom. The van der Waals surface area contributed by atoms with Gasteiger partial charge in [0, 0.05) is 36.8 Å². The molecule has 0 bridgehead atoms. The van der Waals surface area contributed by atoms with Crippen LogP contribution in [-0.2, 0) is 6.54 Å². The second-order valence-corrected chi connectivity index (χ2v) is 8.90. The first-order valence-corrected chi connectivity index (χ1v) is 10.9. The number of carbonyl (C=O) groups excluding carboxylic acids is 1. The smallest absolute Gasteiger partial charge is 0.275 e. The molecule has 2 aromatic rings. The van der Waals surface area contributed by atoms with E-state index < -0.39 is 5.91 Å². The molecule has 0 saturated carbocycles. The van der Waals surface area contributed by atoms with E-state index in [0.717, 1.165) is 42.3 Å². The summed E-state index contributed by atoms with van der Waals surface area (Å²) in [4.78, 5) is 19.0. The number of amides is 1. The Bertz CT molecular complexity index is 872. The minimum atomic E-state index is -0.491. The van der Waals surface area contributed by atoms with E-state index >= 15 is 0 Å². The van der Waals surface area contributed by atoms with Gasteiger partial charge in [-0.2, -0.15) is 11.8 Å². The summed E-state index contributed by atoms with van der Waals surface area (Å²) in [5.74, 6) is 1.81. The molecule has 9 heteroatoms. The zero-order valence-corrected chi connectivity index (χ0v) is 18.3. The van der Waals surface area contributed by atoms with E-state index in [0.29, 0.717) is 5.69 Å². The van der Waals surface area contributed by atoms with Crippen LogP contribution in [0.25, 0.3) is 0 Å². The molecule has 1 aromatic carbocycles. The number of rotatable bonds is 4. The molecule has 1 aliphatic heterocycles. The van der Waals surface area contributed by atoms with Crippen molar-refractivity contribution in [3.05, 3.63) is 55.2 Å². The Morgan fingerprint density at radius 3 is 2.56 bits per heavy atom.